The second-order valence-electron chi connectivity index (χ2n) is 5.48. The Morgan fingerprint density at radius 1 is 1.50 bits per heavy atom. The van der Waals surface area contributed by atoms with Crippen LogP contribution in [-0.2, 0) is 11.2 Å². The van der Waals surface area contributed by atoms with Gasteiger partial charge in [0.25, 0.3) is 0 Å². The lowest BCUT2D eigenvalue weighted by molar-refractivity contribution is -0.116. The van der Waals surface area contributed by atoms with E-state index < -0.39 is 0 Å². The SMILES string of the molecule is C=C/C(=C\PCCNC)c1ccc2c(c1)CCCN2C(C)=O. The van der Waals surface area contributed by atoms with E-state index >= 15 is 0 Å². The highest BCUT2D eigenvalue weighted by Gasteiger charge is 2.20. The van der Waals surface area contributed by atoms with Crippen LogP contribution >= 0.6 is 8.58 Å². The number of anilines is 1. The molecule has 0 aromatic heterocycles. The zero-order chi connectivity index (χ0) is 15.9. The maximum Gasteiger partial charge on any atom is 0.223 e. The first kappa shape index (κ1) is 16.9. The Morgan fingerprint density at radius 3 is 3.00 bits per heavy atom. The fourth-order valence-electron chi connectivity index (χ4n) is 2.74. The van der Waals surface area contributed by atoms with Crippen molar-refractivity contribution in [3.05, 3.63) is 47.8 Å². The molecule has 0 saturated heterocycles. The smallest absolute Gasteiger partial charge is 0.223 e. The third-order valence-corrected chi connectivity index (χ3v) is 4.96. The minimum Gasteiger partial charge on any atom is -0.319 e. The third kappa shape index (κ3) is 4.06. The summed E-state index contributed by atoms with van der Waals surface area (Å²) in [6, 6.07) is 6.41. The van der Waals surface area contributed by atoms with E-state index in [0.717, 1.165) is 46.4 Å². The van der Waals surface area contributed by atoms with E-state index in [1.165, 1.54) is 16.7 Å². The van der Waals surface area contributed by atoms with Crippen LogP contribution < -0.4 is 10.2 Å². The van der Waals surface area contributed by atoms with Crippen molar-refractivity contribution in [1.82, 2.24) is 5.32 Å². The average Bonchev–Trinajstić information content (AvgIpc) is 2.54. The lowest BCUT2D eigenvalue weighted by Gasteiger charge is -2.29. The number of amides is 1. The van der Waals surface area contributed by atoms with E-state index in [1.807, 2.05) is 18.0 Å². The summed E-state index contributed by atoms with van der Waals surface area (Å²) in [4.78, 5) is 13.6. The molecule has 1 aliphatic heterocycles. The number of hydrogen-bond donors (Lipinski definition) is 1. The Hall–Kier alpha value is -1.44. The molecule has 22 heavy (non-hydrogen) atoms. The molecule has 0 aliphatic carbocycles. The molecule has 1 atom stereocenters. The number of aryl methyl sites for hydroxylation is 1. The second-order valence-corrected chi connectivity index (χ2v) is 6.68. The van der Waals surface area contributed by atoms with Crippen LogP contribution in [0.25, 0.3) is 5.57 Å². The number of carbonyl (C=O) groups excluding carboxylic acids is 1. The van der Waals surface area contributed by atoms with Crippen LogP contribution in [-0.4, -0.2) is 32.2 Å². The number of carbonyl (C=O) groups is 1. The van der Waals surface area contributed by atoms with Crippen LogP contribution in [0.1, 0.15) is 24.5 Å². The molecule has 1 heterocycles. The first-order valence-corrected chi connectivity index (χ1v) is 9.07. The first-order chi connectivity index (χ1) is 10.7. The van der Waals surface area contributed by atoms with Crippen LogP contribution in [0, 0.1) is 0 Å². The molecule has 1 unspecified atom stereocenters. The van der Waals surface area contributed by atoms with Gasteiger partial charge in [-0.15, -0.1) is 0 Å². The Labute approximate surface area is 135 Å². The van der Waals surface area contributed by atoms with Crippen LogP contribution in [0.3, 0.4) is 0 Å². The number of nitrogens with one attached hydrogen (secondary N) is 1. The van der Waals surface area contributed by atoms with Gasteiger partial charge in [0.05, 0.1) is 0 Å². The number of hydrogen-bond acceptors (Lipinski definition) is 2. The minimum atomic E-state index is 0.127. The predicted octanol–water partition coefficient (Wildman–Crippen LogP) is 3.41. The molecule has 0 spiro atoms. The molecule has 1 aromatic rings. The van der Waals surface area contributed by atoms with Crippen LogP contribution in [0.5, 0.6) is 0 Å². The number of fused-ring (bicyclic) bond motifs is 1. The summed E-state index contributed by atoms with van der Waals surface area (Å²) in [5.74, 6) is 2.40. The van der Waals surface area contributed by atoms with Gasteiger partial charge in [-0.2, -0.15) is 0 Å². The number of benzene rings is 1. The molecule has 4 heteroatoms. The Balaban J connectivity index is 2.22. The molecule has 118 valence electrons. The Morgan fingerprint density at radius 2 is 2.32 bits per heavy atom. The van der Waals surface area contributed by atoms with Gasteiger partial charge in [-0.25, -0.2) is 0 Å². The molecule has 1 aromatic carbocycles. The molecular weight excluding hydrogens is 291 g/mol. The normalized spacial score (nSPS) is 15.2. The Bertz CT molecular complexity index is 580. The number of rotatable bonds is 6. The average molecular weight is 316 g/mol. The highest BCUT2D eigenvalue weighted by molar-refractivity contribution is 7.42. The minimum absolute atomic E-state index is 0.127. The molecule has 0 bridgehead atoms. The van der Waals surface area contributed by atoms with Gasteiger partial charge >= 0.3 is 0 Å². The van der Waals surface area contributed by atoms with Gasteiger partial charge in [0.15, 0.2) is 0 Å². The summed E-state index contributed by atoms with van der Waals surface area (Å²) < 4.78 is 0. The van der Waals surface area contributed by atoms with Crippen molar-refractivity contribution in [2.45, 2.75) is 19.8 Å². The fourth-order valence-corrected chi connectivity index (χ4v) is 3.79. The number of nitrogens with zero attached hydrogens (tertiary/aromatic N) is 1. The van der Waals surface area contributed by atoms with Crippen molar-refractivity contribution in [2.24, 2.45) is 0 Å². The molecule has 0 radical (unpaired) electrons. The molecule has 1 N–H and O–H groups in total. The zero-order valence-corrected chi connectivity index (χ0v) is 14.5. The van der Waals surface area contributed by atoms with Crippen molar-refractivity contribution in [1.29, 1.82) is 0 Å². The standard InChI is InChI=1S/C18H25N2OP/c1-4-15(13-22-11-9-19-3)16-7-8-18-17(12-16)6-5-10-20(18)14(2)21/h4,7-8,12-13,19,22H,1,5-6,9-11H2,2-3H3/b15-13+. The van der Waals surface area contributed by atoms with Crippen molar-refractivity contribution in [3.8, 4) is 0 Å². The van der Waals surface area contributed by atoms with Gasteiger partial charge < -0.3 is 10.2 Å². The van der Waals surface area contributed by atoms with Crippen LogP contribution in [0.15, 0.2) is 36.7 Å². The van der Waals surface area contributed by atoms with Gasteiger partial charge in [-0.3, -0.25) is 4.79 Å². The maximum atomic E-state index is 11.7. The first-order valence-electron chi connectivity index (χ1n) is 7.79. The van der Waals surface area contributed by atoms with E-state index in [1.54, 1.807) is 6.92 Å². The monoisotopic (exact) mass is 316 g/mol. The Kier molecular flexibility index (Phi) is 6.35. The summed E-state index contributed by atoms with van der Waals surface area (Å²) in [5.41, 5.74) is 4.74. The van der Waals surface area contributed by atoms with E-state index in [-0.39, 0.29) is 5.91 Å². The number of allylic oxidation sites excluding steroid dienone is 2. The topological polar surface area (TPSA) is 32.3 Å². The highest BCUT2D eigenvalue weighted by Crippen LogP contribution is 2.31. The lowest BCUT2D eigenvalue weighted by atomic mass is 9.96. The van der Waals surface area contributed by atoms with Gasteiger partial charge in [-0.05, 0) is 61.4 Å². The molecule has 3 nitrogen and oxygen atoms in total. The summed E-state index contributed by atoms with van der Waals surface area (Å²) >= 11 is 0. The quantitative estimate of drug-likeness (QED) is 0.495. The van der Waals surface area contributed by atoms with Gasteiger partial charge in [-0.1, -0.05) is 33.1 Å². The van der Waals surface area contributed by atoms with Crippen LogP contribution in [0.4, 0.5) is 5.69 Å². The van der Waals surface area contributed by atoms with Crippen molar-refractivity contribution >= 4 is 25.7 Å². The molecule has 1 aliphatic rings. The van der Waals surface area contributed by atoms with Crippen molar-refractivity contribution < 1.29 is 4.79 Å². The summed E-state index contributed by atoms with van der Waals surface area (Å²) in [5, 5.41) is 3.17. The predicted molar refractivity (Wildman–Crippen MR) is 98.1 cm³/mol. The van der Waals surface area contributed by atoms with E-state index in [4.69, 9.17) is 0 Å². The molecule has 1 amide bonds. The summed E-state index contributed by atoms with van der Waals surface area (Å²) in [6.45, 7) is 7.46. The lowest BCUT2D eigenvalue weighted by Crippen LogP contribution is -2.33. The molecule has 0 fully saturated rings. The van der Waals surface area contributed by atoms with E-state index in [0.29, 0.717) is 0 Å². The van der Waals surface area contributed by atoms with Gasteiger partial charge in [0.1, 0.15) is 0 Å². The second kappa shape index (κ2) is 8.26. The summed E-state index contributed by atoms with van der Waals surface area (Å²) in [6.07, 6.45) is 5.16. The van der Waals surface area contributed by atoms with Crippen molar-refractivity contribution in [2.75, 3.05) is 31.2 Å². The summed E-state index contributed by atoms with van der Waals surface area (Å²) in [7, 11) is 2.77. The van der Waals surface area contributed by atoms with Crippen molar-refractivity contribution in [3.63, 3.8) is 0 Å². The van der Waals surface area contributed by atoms with Crippen LogP contribution in [0.2, 0.25) is 0 Å². The van der Waals surface area contributed by atoms with Gasteiger partial charge in [0, 0.05) is 19.2 Å². The van der Waals surface area contributed by atoms with E-state index in [2.05, 4.69) is 35.9 Å². The largest absolute Gasteiger partial charge is 0.319 e. The molecular formula is C18H25N2OP. The molecule has 2 rings (SSSR count). The third-order valence-electron chi connectivity index (χ3n) is 3.91. The van der Waals surface area contributed by atoms with Gasteiger partial charge in [0.2, 0.25) is 5.91 Å². The molecule has 0 saturated carbocycles. The maximum absolute atomic E-state index is 11.7. The van der Waals surface area contributed by atoms with E-state index in [9.17, 15) is 4.79 Å². The fraction of sp³-hybridized carbons (Fsp3) is 0.389. The zero-order valence-electron chi connectivity index (χ0n) is 13.5. The highest BCUT2D eigenvalue weighted by atomic mass is 31.1.